The van der Waals surface area contributed by atoms with Crippen molar-refractivity contribution in [2.45, 2.75) is 61.8 Å². The van der Waals surface area contributed by atoms with Crippen molar-refractivity contribution in [2.75, 3.05) is 5.75 Å². The summed E-state index contributed by atoms with van der Waals surface area (Å²) in [7, 11) is -3.98. The summed E-state index contributed by atoms with van der Waals surface area (Å²) in [5.74, 6) is -4.88. The number of nitrogens with zero attached hydrogens (tertiary/aromatic N) is 1. The van der Waals surface area contributed by atoms with Gasteiger partial charge in [0.2, 0.25) is 11.7 Å². The maximum absolute atomic E-state index is 14.1. The van der Waals surface area contributed by atoms with E-state index < -0.39 is 69.2 Å². The third kappa shape index (κ3) is 7.60. The molecule has 2 aromatic carbocycles. The van der Waals surface area contributed by atoms with E-state index in [0.717, 1.165) is 24.3 Å². The number of rotatable bonds is 12. The van der Waals surface area contributed by atoms with Crippen LogP contribution in [-0.4, -0.2) is 55.0 Å². The molecule has 206 valence electrons. The number of nitrogens with one attached hydrogen (secondary N) is 2. The molecule has 2 N–H and O–H groups in total. The molecule has 2 atom stereocenters. The first kappa shape index (κ1) is 29.2. The van der Waals surface area contributed by atoms with Gasteiger partial charge in [-0.1, -0.05) is 37.3 Å². The van der Waals surface area contributed by atoms with Crippen LogP contribution in [0.1, 0.15) is 44.2 Å². The Kier molecular flexibility index (Phi) is 9.26. The number of ketones is 1. The fourth-order valence-electron chi connectivity index (χ4n) is 3.68. The predicted molar refractivity (Wildman–Crippen MR) is 129 cm³/mol. The van der Waals surface area contributed by atoms with Gasteiger partial charge in [0.25, 0.3) is 5.91 Å². The second kappa shape index (κ2) is 12.0. The Morgan fingerprint density at radius 1 is 1.03 bits per heavy atom. The average molecular weight is 558 g/mol. The van der Waals surface area contributed by atoms with E-state index in [2.05, 4.69) is 5.32 Å². The molecular weight excluding hydrogens is 530 g/mol. The number of Topliss-reactive ketones (excluding diaryl/α,β-unsaturated/α-hetero) is 1. The SMILES string of the molecule is CC[C@@H](C(=O)C(=O)NC1CC1)N(NC(c1ccc(F)cc1)C(F)(F)F)C(=O)CCS(=O)(=O)c1ccccc1. The van der Waals surface area contributed by atoms with Crippen LogP contribution in [0.15, 0.2) is 59.5 Å². The Morgan fingerprint density at radius 3 is 2.16 bits per heavy atom. The molecule has 2 aromatic rings. The van der Waals surface area contributed by atoms with Crippen LogP contribution in [0.4, 0.5) is 17.6 Å². The lowest BCUT2D eigenvalue weighted by Gasteiger charge is -2.35. The molecule has 1 saturated carbocycles. The number of carbonyl (C=O) groups is 3. The Balaban J connectivity index is 1.92. The van der Waals surface area contributed by atoms with E-state index in [4.69, 9.17) is 0 Å². The summed E-state index contributed by atoms with van der Waals surface area (Å²) in [6.07, 6.45) is -4.73. The summed E-state index contributed by atoms with van der Waals surface area (Å²) in [5, 5.41) is 2.83. The first-order valence-corrected chi connectivity index (χ1v) is 13.5. The first-order valence-electron chi connectivity index (χ1n) is 11.9. The van der Waals surface area contributed by atoms with E-state index in [1.807, 2.05) is 5.43 Å². The van der Waals surface area contributed by atoms with Gasteiger partial charge in [-0.3, -0.25) is 19.4 Å². The van der Waals surface area contributed by atoms with E-state index in [1.54, 1.807) is 6.07 Å². The number of hydrogen-bond acceptors (Lipinski definition) is 6. The minimum atomic E-state index is -5.01. The zero-order valence-corrected chi connectivity index (χ0v) is 21.2. The summed E-state index contributed by atoms with van der Waals surface area (Å²) in [6, 6.07) is 6.06. The summed E-state index contributed by atoms with van der Waals surface area (Å²) < 4.78 is 80.9. The first-order chi connectivity index (χ1) is 17.8. The zero-order chi connectivity index (χ0) is 28.1. The number of alkyl halides is 3. The number of halogens is 4. The molecule has 1 aliphatic carbocycles. The van der Waals surface area contributed by atoms with Gasteiger partial charge in [0.15, 0.2) is 9.84 Å². The van der Waals surface area contributed by atoms with Crippen molar-refractivity contribution < 1.29 is 40.4 Å². The topological polar surface area (TPSA) is 113 Å². The smallest absolute Gasteiger partial charge is 0.347 e. The molecule has 0 saturated heterocycles. The number of benzene rings is 2. The van der Waals surface area contributed by atoms with E-state index in [9.17, 15) is 40.4 Å². The lowest BCUT2D eigenvalue weighted by Crippen LogP contribution is -2.58. The van der Waals surface area contributed by atoms with Crippen LogP contribution in [-0.2, 0) is 24.2 Å². The average Bonchev–Trinajstić information content (AvgIpc) is 3.69. The molecule has 0 bridgehead atoms. The minimum absolute atomic E-state index is 0.0845. The summed E-state index contributed by atoms with van der Waals surface area (Å²) >= 11 is 0. The van der Waals surface area contributed by atoms with Crippen LogP contribution in [0.2, 0.25) is 0 Å². The highest BCUT2D eigenvalue weighted by Gasteiger charge is 2.45. The van der Waals surface area contributed by atoms with E-state index >= 15 is 0 Å². The van der Waals surface area contributed by atoms with Gasteiger partial charge < -0.3 is 5.32 Å². The van der Waals surface area contributed by atoms with E-state index in [1.165, 1.54) is 31.2 Å². The predicted octanol–water partition coefficient (Wildman–Crippen LogP) is 3.25. The fraction of sp³-hybridized carbons (Fsp3) is 0.400. The fourth-order valence-corrected chi connectivity index (χ4v) is 4.93. The Hall–Kier alpha value is -3.32. The number of hydrogen-bond donors (Lipinski definition) is 2. The summed E-state index contributed by atoms with van der Waals surface area (Å²) in [6.45, 7) is 1.40. The normalized spacial score (nSPS) is 15.4. The van der Waals surface area contributed by atoms with Crippen LogP contribution in [0, 0.1) is 5.82 Å². The van der Waals surface area contributed by atoms with Crippen molar-refractivity contribution in [1.29, 1.82) is 0 Å². The van der Waals surface area contributed by atoms with Crippen LogP contribution < -0.4 is 10.7 Å². The van der Waals surface area contributed by atoms with Gasteiger partial charge in [-0.05, 0) is 49.1 Å². The van der Waals surface area contributed by atoms with Gasteiger partial charge in [-0.15, -0.1) is 0 Å². The van der Waals surface area contributed by atoms with Crippen molar-refractivity contribution in [1.82, 2.24) is 15.8 Å². The van der Waals surface area contributed by atoms with Crippen LogP contribution in [0.25, 0.3) is 0 Å². The molecule has 0 aromatic heterocycles. The van der Waals surface area contributed by atoms with Gasteiger partial charge in [0, 0.05) is 12.5 Å². The summed E-state index contributed by atoms with van der Waals surface area (Å²) in [4.78, 5) is 38.5. The molecule has 1 fully saturated rings. The van der Waals surface area contributed by atoms with Crippen molar-refractivity contribution >= 4 is 27.4 Å². The van der Waals surface area contributed by atoms with Gasteiger partial charge in [0.1, 0.15) is 17.9 Å². The molecule has 13 heteroatoms. The van der Waals surface area contributed by atoms with E-state index in [0.29, 0.717) is 17.9 Å². The number of hydrazine groups is 1. The standard InChI is InChI=1S/C25H27F4N3O5S/c1-2-20(22(34)24(35)30-18-12-13-18)32(21(33)14-15-38(36,37)19-6-4-3-5-7-19)31-23(25(27,28)29)16-8-10-17(26)11-9-16/h3-11,18,20,23,31H,2,12-15H2,1H3,(H,30,35)/t20-,23?/m0/s1. The zero-order valence-electron chi connectivity index (χ0n) is 20.4. The molecule has 3 rings (SSSR count). The molecule has 2 amide bonds. The molecule has 0 heterocycles. The highest BCUT2D eigenvalue weighted by molar-refractivity contribution is 7.91. The molecule has 0 spiro atoms. The van der Waals surface area contributed by atoms with Gasteiger partial charge in [-0.2, -0.15) is 13.2 Å². The van der Waals surface area contributed by atoms with Crippen LogP contribution in [0.5, 0.6) is 0 Å². The lowest BCUT2D eigenvalue weighted by molar-refractivity contribution is -0.178. The van der Waals surface area contributed by atoms with Gasteiger partial charge in [0.05, 0.1) is 10.6 Å². The van der Waals surface area contributed by atoms with Crippen molar-refractivity contribution in [3.63, 3.8) is 0 Å². The lowest BCUT2D eigenvalue weighted by atomic mass is 10.1. The highest BCUT2D eigenvalue weighted by atomic mass is 32.2. The Labute approximate surface area is 217 Å². The molecule has 0 radical (unpaired) electrons. The quantitative estimate of drug-likeness (QED) is 0.235. The number of amides is 2. The molecule has 0 aliphatic heterocycles. The van der Waals surface area contributed by atoms with Crippen molar-refractivity contribution in [3.05, 3.63) is 66.0 Å². The Morgan fingerprint density at radius 2 is 1.63 bits per heavy atom. The van der Waals surface area contributed by atoms with Crippen LogP contribution >= 0.6 is 0 Å². The van der Waals surface area contributed by atoms with E-state index in [-0.39, 0.29) is 17.4 Å². The van der Waals surface area contributed by atoms with Crippen molar-refractivity contribution in [2.24, 2.45) is 0 Å². The molecular formula is C25H27F4N3O5S. The van der Waals surface area contributed by atoms with Crippen molar-refractivity contribution in [3.8, 4) is 0 Å². The molecule has 1 unspecified atom stereocenters. The maximum Gasteiger partial charge on any atom is 0.409 e. The summed E-state index contributed by atoms with van der Waals surface area (Å²) in [5.41, 5.74) is 1.54. The van der Waals surface area contributed by atoms with Crippen LogP contribution in [0.3, 0.4) is 0 Å². The highest BCUT2D eigenvalue weighted by Crippen LogP contribution is 2.33. The van der Waals surface area contributed by atoms with Gasteiger partial charge in [-0.25, -0.2) is 18.2 Å². The van der Waals surface area contributed by atoms with Gasteiger partial charge >= 0.3 is 6.18 Å². The maximum atomic E-state index is 14.1. The molecule has 38 heavy (non-hydrogen) atoms. The Bertz CT molecular complexity index is 1250. The third-order valence-corrected chi connectivity index (χ3v) is 7.62. The minimum Gasteiger partial charge on any atom is -0.347 e. The number of carbonyl (C=O) groups excluding carboxylic acids is 3. The monoisotopic (exact) mass is 557 g/mol. The molecule has 1 aliphatic rings. The second-order valence-corrected chi connectivity index (χ2v) is 10.9. The second-order valence-electron chi connectivity index (χ2n) is 8.84. The third-order valence-electron chi connectivity index (χ3n) is 5.89. The molecule has 8 nitrogen and oxygen atoms in total. The number of sulfone groups is 1. The largest absolute Gasteiger partial charge is 0.409 e.